The standard InChI is InChI=1S/C21H31N3O2/c1-26-20-8-5-17(6-9-20)12-23-13-18-4-7-19(15-23)24(14-18)21(25)16-22-10-2-3-11-22/h5-6,8-9,18-19H,2-4,7,10-16H2,1H3/t18-,19+/m1/s1. The van der Waals surface area contributed by atoms with Crippen LogP contribution in [0.4, 0.5) is 0 Å². The molecule has 1 amide bonds. The van der Waals surface area contributed by atoms with Crippen molar-refractivity contribution in [2.75, 3.05) is 46.4 Å². The van der Waals surface area contributed by atoms with E-state index in [1.807, 2.05) is 12.1 Å². The Hall–Kier alpha value is -1.59. The number of methoxy groups -OCH3 is 1. The summed E-state index contributed by atoms with van der Waals surface area (Å²) >= 11 is 0. The zero-order valence-corrected chi connectivity index (χ0v) is 15.9. The number of likely N-dealkylation sites (tertiary alicyclic amines) is 1. The quantitative estimate of drug-likeness (QED) is 0.810. The molecule has 0 saturated carbocycles. The van der Waals surface area contributed by atoms with Gasteiger partial charge in [-0.25, -0.2) is 0 Å². The van der Waals surface area contributed by atoms with Crippen molar-refractivity contribution in [2.24, 2.45) is 5.92 Å². The van der Waals surface area contributed by atoms with E-state index in [0.29, 0.717) is 24.4 Å². The number of carbonyl (C=O) groups excluding carboxylic acids is 1. The Labute approximate surface area is 156 Å². The van der Waals surface area contributed by atoms with Gasteiger partial charge in [0.25, 0.3) is 0 Å². The van der Waals surface area contributed by atoms with Crippen LogP contribution in [0.25, 0.3) is 0 Å². The first-order chi connectivity index (χ1) is 12.7. The predicted molar refractivity (Wildman–Crippen MR) is 102 cm³/mol. The van der Waals surface area contributed by atoms with Gasteiger partial charge in [0.05, 0.1) is 13.7 Å². The van der Waals surface area contributed by atoms with E-state index < -0.39 is 0 Å². The topological polar surface area (TPSA) is 36.0 Å². The molecular formula is C21H31N3O2. The van der Waals surface area contributed by atoms with E-state index in [2.05, 4.69) is 26.8 Å². The molecule has 2 atom stereocenters. The Bertz CT molecular complexity index is 612. The molecule has 0 unspecified atom stereocenters. The van der Waals surface area contributed by atoms with E-state index in [9.17, 15) is 4.79 Å². The highest BCUT2D eigenvalue weighted by atomic mass is 16.5. The molecule has 0 radical (unpaired) electrons. The fraction of sp³-hybridized carbons (Fsp3) is 0.667. The molecule has 5 rings (SSSR count). The van der Waals surface area contributed by atoms with Gasteiger partial charge in [0.1, 0.15) is 5.75 Å². The van der Waals surface area contributed by atoms with Gasteiger partial charge in [-0.05, 0) is 62.4 Å². The molecule has 4 heterocycles. The van der Waals surface area contributed by atoms with Crippen LogP contribution < -0.4 is 4.74 Å². The molecule has 5 nitrogen and oxygen atoms in total. The SMILES string of the molecule is COc1ccc(CN2C[C@H]3CC[C@@H](C2)N(C(=O)CN2CCCC2)C3)cc1. The van der Waals surface area contributed by atoms with Gasteiger partial charge in [-0.1, -0.05) is 12.1 Å². The highest BCUT2D eigenvalue weighted by Gasteiger charge is 2.37. The van der Waals surface area contributed by atoms with Crippen molar-refractivity contribution in [3.8, 4) is 5.75 Å². The smallest absolute Gasteiger partial charge is 0.237 e. The van der Waals surface area contributed by atoms with Gasteiger partial charge in [0, 0.05) is 32.2 Å². The zero-order chi connectivity index (χ0) is 17.9. The Morgan fingerprint density at radius 3 is 2.54 bits per heavy atom. The van der Waals surface area contributed by atoms with E-state index in [4.69, 9.17) is 4.74 Å². The number of hydrogen-bond acceptors (Lipinski definition) is 4. The van der Waals surface area contributed by atoms with Gasteiger partial charge in [-0.2, -0.15) is 0 Å². The summed E-state index contributed by atoms with van der Waals surface area (Å²) in [5.41, 5.74) is 1.32. The van der Waals surface area contributed by atoms with Crippen LogP contribution in [0.2, 0.25) is 0 Å². The van der Waals surface area contributed by atoms with Crippen molar-refractivity contribution in [3.63, 3.8) is 0 Å². The van der Waals surface area contributed by atoms with Crippen molar-refractivity contribution in [2.45, 2.75) is 38.3 Å². The third kappa shape index (κ3) is 4.04. The number of carbonyl (C=O) groups is 1. The summed E-state index contributed by atoms with van der Waals surface area (Å²) < 4.78 is 5.26. The number of amides is 1. The first-order valence-electron chi connectivity index (χ1n) is 10.1. The van der Waals surface area contributed by atoms with Gasteiger partial charge in [0.2, 0.25) is 5.91 Å². The molecule has 2 bridgehead atoms. The number of benzene rings is 1. The first kappa shape index (κ1) is 17.8. The molecule has 26 heavy (non-hydrogen) atoms. The Balaban J connectivity index is 1.38. The number of rotatable bonds is 5. The molecule has 0 aliphatic carbocycles. The van der Waals surface area contributed by atoms with Crippen molar-refractivity contribution in [1.82, 2.24) is 14.7 Å². The fourth-order valence-corrected chi connectivity index (χ4v) is 4.83. The van der Waals surface area contributed by atoms with Crippen molar-refractivity contribution >= 4 is 5.91 Å². The van der Waals surface area contributed by atoms with Crippen molar-refractivity contribution < 1.29 is 9.53 Å². The molecule has 4 aliphatic heterocycles. The van der Waals surface area contributed by atoms with Crippen LogP contribution in [-0.2, 0) is 11.3 Å². The molecule has 1 aromatic rings. The number of nitrogens with zero attached hydrogens (tertiary/aromatic N) is 3. The largest absolute Gasteiger partial charge is 0.497 e. The molecule has 1 aromatic carbocycles. The fourth-order valence-electron chi connectivity index (χ4n) is 4.83. The molecule has 4 saturated heterocycles. The normalized spacial score (nSPS) is 26.9. The highest BCUT2D eigenvalue weighted by molar-refractivity contribution is 5.78. The summed E-state index contributed by atoms with van der Waals surface area (Å²) in [5, 5.41) is 0. The van der Waals surface area contributed by atoms with Crippen LogP contribution in [0.5, 0.6) is 5.75 Å². The minimum absolute atomic E-state index is 0.355. The maximum Gasteiger partial charge on any atom is 0.237 e. The van der Waals surface area contributed by atoms with Crippen LogP contribution in [0.15, 0.2) is 24.3 Å². The van der Waals surface area contributed by atoms with Gasteiger partial charge >= 0.3 is 0 Å². The Morgan fingerprint density at radius 1 is 1.04 bits per heavy atom. The van der Waals surface area contributed by atoms with Crippen LogP contribution >= 0.6 is 0 Å². The van der Waals surface area contributed by atoms with E-state index in [1.165, 1.54) is 24.8 Å². The Morgan fingerprint density at radius 2 is 1.81 bits per heavy atom. The van der Waals surface area contributed by atoms with Gasteiger partial charge in [-0.3, -0.25) is 14.6 Å². The van der Waals surface area contributed by atoms with Gasteiger partial charge in [0.15, 0.2) is 0 Å². The zero-order valence-electron chi connectivity index (χ0n) is 15.9. The maximum atomic E-state index is 12.9. The molecular weight excluding hydrogens is 326 g/mol. The Kier molecular flexibility index (Phi) is 5.46. The minimum atomic E-state index is 0.355. The van der Waals surface area contributed by atoms with E-state index >= 15 is 0 Å². The van der Waals surface area contributed by atoms with Crippen LogP contribution in [-0.4, -0.2) is 73.0 Å². The summed E-state index contributed by atoms with van der Waals surface area (Å²) in [7, 11) is 1.70. The maximum absolute atomic E-state index is 12.9. The average Bonchev–Trinajstić information content (AvgIpc) is 3.01. The first-order valence-corrected chi connectivity index (χ1v) is 10.1. The summed E-state index contributed by atoms with van der Waals surface area (Å²) in [6.45, 7) is 6.85. The second kappa shape index (κ2) is 7.97. The number of hydrogen-bond donors (Lipinski definition) is 0. The second-order valence-corrected chi connectivity index (χ2v) is 8.17. The summed E-state index contributed by atoms with van der Waals surface area (Å²) in [4.78, 5) is 20.0. The number of fused-ring (bicyclic) bond motifs is 4. The minimum Gasteiger partial charge on any atom is -0.497 e. The lowest BCUT2D eigenvalue weighted by Gasteiger charge is -2.37. The van der Waals surface area contributed by atoms with Crippen LogP contribution in [0.3, 0.4) is 0 Å². The van der Waals surface area contributed by atoms with Gasteiger partial charge < -0.3 is 9.64 Å². The summed E-state index contributed by atoms with van der Waals surface area (Å²) in [6.07, 6.45) is 4.91. The highest BCUT2D eigenvalue weighted by Crippen LogP contribution is 2.29. The lowest BCUT2D eigenvalue weighted by Crippen LogP contribution is -2.50. The molecule has 0 spiro atoms. The van der Waals surface area contributed by atoms with Crippen molar-refractivity contribution in [3.05, 3.63) is 29.8 Å². The monoisotopic (exact) mass is 357 g/mol. The number of piperidine rings is 1. The molecule has 0 aromatic heterocycles. The van der Waals surface area contributed by atoms with Crippen LogP contribution in [0, 0.1) is 5.92 Å². The van der Waals surface area contributed by atoms with E-state index in [-0.39, 0.29) is 0 Å². The third-order valence-electron chi connectivity index (χ3n) is 6.23. The second-order valence-electron chi connectivity index (χ2n) is 8.17. The van der Waals surface area contributed by atoms with Crippen molar-refractivity contribution in [1.29, 1.82) is 0 Å². The third-order valence-corrected chi connectivity index (χ3v) is 6.23. The molecule has 142 valence electrons. The summed E-state index contributed by atoms with van der Waals surface area (Å²) in [6, 6.07) is 8.77. The summed E-state index contributed by atoms with van der Waals surface area (Å²) in [5.74, 6) is 1.88. The lowest BCUT2D eigenvalue weighted by molar-refractivity contribution is -0.136. The molecule has 4 fully saturated rings. The van der Waals surface area contributed by atoms with Gasteiger partial charge in [-0.15, -0.1) is 0 Å². The predicted octanol–water partition coefficient (Wildman–Crippen LogP) is 2.21. The lowest BCUT2D eigenvalue weighted by atomic mass is 9.95. The number of ether oxygens (including phenoxy) is 1. The van der Waals surface area contributed by atoms with E-state index in [0.717, 1.165) is 51.4 Å². The average molecular weight is 357 g/mol. The van der Waals surface area contributed by atoms with E-state index in [1.54, 1.807) is 7.11 Å². The van der Waals surface area contributed by atoms with Crippen LogP contribution in [0.1, 0.15) is 31.2 Å². The molecule has 0 N–H and O–H groups in total. The molecule has 5 heteroatoms. The molecule has 4 aliphatic rings.